The maximum Gasteiger partial charge on any atom is 0.263 e. The molecule has 174 valence electrons. The van der Waals surface area contributed by atoms with Crippen LogP contribution in [0.2, 0.25) is 5.02 Å². The molecule has 0 radical (unpaired) electrons. The number of thiazole rings is 1. The van der Waals surface area contributed by atoms with E-state index >= 15 is 0 Å². The van der Waals surface area contributed by atoms with E-state index in [1.54, 1.807) is 6.07 Å². The predicted molar refractivity (Wildman–Crippen MR) is 131 cm³/mol. The molecule has 1 saturated carbocycles. The van der Waals surface area contributed by atoms with E-state index in [1.807, 2.05) is 6.92 Å². The Morgan fingerprint density at radius 3 is 2.58 bits per heavy atom. The average Bonchev–Trinajstić information content (AvgIpc) is 3.39. The van der Waals surface area contributed by atoms with Crippen LogP contribution in [0.5, 0.6) is 5.75 Å². The lowest BCUT2D eigenvalue weighted by molar-refractivity contribution is -0.117. The number of carbonyl (C=O) groups excluding carboxylic acids is 1. The van der Waals surface area contributed by atoms with Crippen molar-refractivity contribution in [2.24, 2.45) is 5.92 Å². The van der Waals surface area contributed by atoms with E-state index in [1.165, 1.54) is 60.6 Å². The molecule has 1 amide bonds. The molecular weight excluding hydrogens is 482 g/mol. The molecule has 1 heterocycles. The minimum Gasteiger partial charge on any atom is -0.508 e. The number of hydrogen-bond acceptors (Lipinski definition) is 6. The number of nitrogens with zero attached hydrogens (tertiary/aromatic N) is 1. The number of nitrogens with one attached hydrogen (secondary N) is 2. The van der Waals surface area contributed by atoms with E-state index in [4.69, 9.17) is 11.6 Å². The Bertz CT molecular complexity index is 1270. The van der Waals surface area contributed by atoms with Gasteiger partial charge in [0.05, 0.1) is 15.6 Å². The number of amides is 1. The first-order valence-electron chi connectivity index (χ1n) is 10.6. The molecule has 0 spiro atoms. The Morgan fingerprint density at radius 1 is 1.18 bits per heavy atom. The summed E-state index contributed by atoms with van der Waals surface area (Å²) in [6, 6.07) is 10.4. The fraction of sp³-hybridized carbons (Fsp3) is 0.304. The van der Waals surface area contributed by atoms with Crippen molar-refractivity contribution in [2.75, 3.05) is 10.0 Å². The number of aryl methyl sites for hydroxylation is 1. The van der Waals surface area contributed by atoms with Gasteiger partial charge in [-0.15, -0.1) is 0 Å². The SMILES string of the molecule is Cc1nc(NC(=O)CC2CCCC2)sc1-c1ccc(Cl)c(S(=O)(=O)Nc2ccc(O)cc2)c1. The highest BCUT2D eigenvalue weighted by Crippen LogP contribution is 2.36. The van der Waals surface area contributed by atoms with Gasteiger partial charge in [0, 0.05) is 12.1 Å². The highest BCUT2D eigenvalue weighted by Gasteiger charge is 2.22. The molecule has 3 aromatic rings. The van der Waals surface area contributed by atoms with Gasteiger partial charge < -0.3 is 10.4 Å². The maximum atomic E-state index is 13.0. The number of anilines is 2. The van der Waals surface area contributed by atoms with E-state index < -0.39 is 10.0 Å². The molecule has 3 N–H and O–H groups in total. The number of sulfonamides is 1. The number of hydrogen-bond donors (Lipinski definition) is 3. The van der Waals surface area contributed by atoms with Gasteiger partial charge in [-0.25, -0.2) is 13.4 Å². The molecule has 0 unspecified atom stereocenters. The first kappa shape index (κ1) is 23.5. The van der Waals surface area contributed by atoms with Crippen molar-refractivity contribution >= 4 is 49.7 Å². The zero-order chi connectivity index (χ0) is 23.6. The minimum atomic E-state index is -3.97. The first-order valence-corrected chi connectivity index (χ1v) is 13.3. The number of carbonyl (C=O) groups is 1. The van der Waals surface area contributed by atoms with Crippen molar-refractivity contribution in [2.45, 2.75) is 43.9 Å². The van der Waals surface area contributed by atoms with Crippen molar-refractivity contribution in [1.29, 1.82) is 0 Å². The number of phenolic OH excluding ortho intramolecular Hbond substituents is 1. The molecule has 4 rings (SSSR count). The van der Waals surface area contributed by atoms with Gasteiger partial charge in [0.25, 0.3) is 10.0 Å². The van der Waals surface area contributed by atoms with Crippen LogP contribution >= 0.6 is 22.9 Å². The number of halogens is 1. The average molecular weight is 506 g/mol. The number of rotatable bonds is 7. The molecule has 33 heavy (non-hydrogen) atoms. The van der Waals surface area contributed by atoms with Crippen LogP contribution in [-0.2, 0) is 14.8 Å². The third kappa shape index (κ3) is 5.66. The smallest absolute Gasteiger partial charge is 0.263 e. The predicted octanol–water partition coefficient (Wildman–Crippen LogP) is 5.80. The molecule has 0 saturated heterocycles. The Labute approximate surface area is 201 Å². The molecule has 10 heteroatoms. The Kier molecular flexibility index (Phi) is 6.92. The summed E-state index contributed by atoms with van der Waals surface area (Å²) >= 11 is 7.53. The second-order valence-electron chi connectivity index (χ2n) is 8.13. The Morgan fingerprint density at radius 2 is 1.88 bits per heavy atom. The topological polar surface area (TPSA) is 108 Å². The second-order valence-corrected chi connectivity index (χ2v) is 11.2. The summed E-state index contributed by atoms with van der Waals surface area (Å²) in [6.45, 7) is 1.82. The summed E-state index contributed by atoms with van der Waals surface area (Å²) < 4.78 is 28.4. The summed E-state index contributed by atoms with van der Waals surface area (Å²) in [5.74, 6) is 0.431. The molecule has 0 aliphatic heterocycles. The fourth-order valence-electron chi connectivity index (χ4n) is 3.95. The zero-order valence-corrected chi connectivity index (χ0v) is 20.4. The Hall–Kier alpha value is -2.62. The lowest BCUT2D eigenvalue weighted by Crippen LogP contribution is -2.14. The van der Waals surface area contributed by atoms with Gasteiger partial charge in [0.15, 0.2) is 5.13 Å². The number of benzene rings is 2. The van der Waals surface area contributed by atoms with Crippen molar-refractivity contribution in [1.82, 2.24) is 4.98 Å². The third-order valence-electron chi connectivity index (χ3n) is 5.59. The second kappa shape index (κ2) is 9.70. The van der Waals surface area contributed by atoms with Crippen LogP contribution in [0.25, 0.3) is 10.4 Å². The fourth-order valence-corrected chi connectivity index (χ4v) is 6.52. The normalized spacial score (nSPS) is 14.4. The van der Waals surface area contributed by atoms with Crippen LogP contribution in [0, 0.1) is 12.8 Å². The number of aromatic nitrogens is 1. The molecule has 0 bridgehead atoms. The summed E-state index contributed by atoms with van der Waals surface area (Å²) in [4.78, 5) is 17.5. The molecule has 1 aliphatic rings. The van der Waals surface area contributed by atoms with E-state index in [2.05, 4.69) is 15.0 Å². The van der Waals surface area contributed by atoms with E-state index in [-0.39, 0.29) is 21.6 Å². The summed E-state index contributed by atoms with van der Waals surface area (Å²) in [6.07, 6.45) is 5.05. The minimum absolute atomic E-state index is 0.0322. The van der Waals surface area contributed by atoms with Gasteiger partial charge >= 0.3 is 0 Å². The number of aromatic hydroxyl groups is 1. The summed E-state index contributed by atoms with van der Waals surface area (Å²) in [7, 11) is -3.97. The molecule has 1 aromatic heterocycles. The standard InChI is InChI=1S/C23H24ClN3O4S2/c1-14-22(32-23(25-14)26-21(29)12-15-4-2-3-5-15)16-6-11-19(24)20(13-16)33(30,31)27-17-7-9-18(28)10-8-17/h6-11,13,15,27-28H,2-5,12H2,1H3,(H,25,26,29). The quantitative estimate of drug-likeness (QED) is 0.352. The van der Waals surface area contributed by atoms with Crippen LogP contribution in [0.15, 0.2) is 47.4 Å². The molecule has 1 fully saturated rings. The van der Waals surface area contributed by atoms with Crippen LogP contribution in [0.4, 0.5) is 10.8 Å². The van der Waals surface area contributed by atoms with Gasteiger partial charge in [-0.1, -0.05) is 41.8 Å². The van der Waals surface area contributed by atoms with Gasteiger partial charge in [-0.05, 0) is 67.6 Å². The van der Waals surface area contributed by atoms with Gasteiger partial charge in [-0.3, -0.25) is 9.52 Å². The van der Waals surface area contributed by atoms with E-state index in [0.29, 0.717) is 34.4 Å². The van der Waals surface area contributed by atoms with E-state index in [0.717, 1.165) is 17.7 Å². The van der Waals surface area contributed by atoms with Crippen molar-refractivity contribution in [3.8, 4) is 16.2 Å². The molecular formula is C23H24ClN3O4S2. The highest BCUT2D eigenvalue weighted by molar-refractivity contribution is 7.92. The summed E-state index contributed by atoms with van der Waals surface area (Å²) in [5, 5.41) is 12.9. The van der Waals surface area contributed by atoms with Crippen molar-refractivity contribution in [3.63, 3.8) is 0 Å². The van der Waals surface area contributed by atoms with Crippen LogP contribution in [-0.4, -0.2) is 24.4 Å². The molecule has 1 aliphatic carbocycles. The van der Waals surface area contributed by atoms with Crippen molar-refractivity contribution in [3.05, 3.63) is 53.2 Å². The lowest BCUT2D eigenvalue weighted by atomic mass is 10.0. The van der Waals surface area contributed by atoms with E-state index in [9.17, 15) is 18.3 Å². The van der Waals surface area contributed by atoms with Gasteiger partial charge in [0.2, 0.25) is 5.91 Å². The van der Waals surface area contributed by atoms with Crippen LogP contribution in [0.1, 0.15) is 37.8 Å². The first-order chi connectivity index (χ1) is 15.7. The van der Waals surface area contributed by atoms with Gasteiger partial charge in [0.1, 0.15) is 10.6 Å². The molecule has 2 aromatic carbocycles. The van der Waals surface area contributed by atoms with Crippen molar-refractivity contribution < 1.29 is 18.3 Å². The van der Waals surface area contributed by atoms with Crippen LogP contribution in [0.3, 0.4) is 0 Å². The third-order valence-corrected chi connectivity index (χ3v) is 8.58. The maximum absolute atomic E-state index is 13.0. The zero-order valence-electron chi connectivity index (χ0n) is 18.0. The monoisotopic (exact) mass is 505 g/mol. The number of phenols is 1. The highest BCUT2D eigenvalue weighted by atomic mass is 35.5. The van der Waals surface area contributed by atoms with Gasteiger partial charge in [-0.2, -0.15) is 0 Å². The Balaban J connectivity index is 1.55. The van der Waals surface area contributed by atoms with Crippen LogP contribution < -0.4 is 10.0 Å². The molecule has 7 nitrogen and oxygen atoms in total. The largest absolute Gasteiger partial charge is 0.508 e. The lowest BCUT2D eigenvalue weighted by Gasteiger charge is -2.11. The molecule has 0 atom stereocenters. The summed E-state index contributed by atoms with van der Waals surface area (Å²) in [5.41, 5.74) is 1.63.